The zero-order chi connectivity index (χ0) is 18.4. The predicted molar refractivity (Wildman–Crippen MR) is 99.8 cm³/mol. The number of nitrogens with zero attached hydrogens (tertiary/aromatic N) is 2. The Bertz CT molecular complexity index is 616. The molecule has 26 heavy (non-hydrogen) atoms. The zero-order valence-electron chi connectivity index (χ0n) is 15.4. The van der Waals surface area contributed by atoms with Crippen molar-refractivity contribution >= 4 is 17.5 Å². The average Bonchev–Trinajstić information content (AvgIpc) is 2.92. The Labute approximate surface area is 154 Å². The SMILES string of the molecule is COCCCNC(=O)CN1CN(c2ccccc2)C2(CCNCC2)C1=O. The first-order valence-electron chi connectivity index (χ1n) is 9.26. The quantitative estimate of drug-likeness (QED) is 0.696. The summed E-state index contributed by atoms with van der Waals surface area (Å²) in [6.45, 7) is 3.35. The third-order valence-corrected chi connectivity index (χ3v) is 5.19. The van der Waals surface area contributed by atoms with Gasteiger partial charge >= 0.3 is 0 Å². The van der Waals surface area contributed by atoms with Gasteiger partial charge < -0.3 is 25.2 Å². The highest BCUT2D eigenvalue weighted by Crippen LogP contribution is 2.37. The molecular formula is C19H28N4O3. The molecule has 2 saturated heterocycles. The molecule has 1 aromatic carbocycles. The number of methoxy groups -OCH3 is 1. The average molecular weight is 360 g/mol. The van der Waals surface area contributed by atoms with Gasteiger partial charge in [-0.2, -0.15) is 0 Å². The monoisotopic (exact) mass is 360 g/mol. The number of nitrogens with one attached hydrogen (secondary N) is 2. The molecule has 1 aromatic rings. The van der Waals surface area contributed by atoms with Crippen LogP contribution in [0.4, 0.5) is 5.69 Å². The second-order valence-electron chi connectivity index (χ2n) is 6.89. The highest BCUT2D eigenvalue weighted by Gasteiger charge is 2.52. The predicted octanol–water partition coefficient (Wildman–Crippen LogP) is 0.568. The molecule has 2 fully saturated rings. The Kier molecular flexibility index (Phi) is 6.11. The Morgan fingerprint density at radius 1 is 1.27 bits per heavy atom. The molecule has 1 spiro atoms. The topological polar surface area (TPSA) is 73.9 Å². The van der Waals surface area contributed by atoms with Gasteiger partial charge in [0.1, 0.15) is 12.1 Å². The second kappa shape index (κ2) is 8.51. The van der Waals surface area contributed by atoms with Crippen molar-refractivity contribution in [3.05, 3.63) is 30.3 Å². The number of hydrogen-bond donors (Lipinski definition) is 2. The molecule has 3 rings (SSSR count). The lowest BCUT2D eigenvalue weighted by atomic mass is 9.86. The van der Waals surface area contributed by atoms with Gasteiger partial charge in [-0.1, -0.05) is 18.2 Å². The molecule has 2 aliphatic rings. The Balaban J connectivity index is 1.70. The standard InChI is InChI=1S/C19H28N4O3/c1-26-13-5-10-21-17(24)14-22-15-23(16-6-3-2-4-7-16)19(18(22)25)8-11-20-12-9-19/h2-4,6-7,20H,5,8-15H2,1H3,(H,21,24). The maximum atomic E-state index is 13.2. The molecule has 2 amide bonds. The van der Waals surface area contributed by atoms with Crippen molar-refractivity contribution in [2.75, 3.05) is 51.5 Å². The lowest BCUT2D eigenvalue weighted by Gasteiger charge is -2.40. The summed E-state index contributed by atoms with van der Waals surface area (Å²) in [5.41, 5.74) is 0.494. The highest BCUT2D eigenvalue weighted by molar-refractivity contribution is 5.96. The molecule has 142 valence electrons. The van der Waals surface area contributed by atoms with Gasteiger partial charge in [-0.15, -0.1) is 0 Å². The number of para-hydroxylation sites is 1. The minimum Gasteiger partial charge on any atom is -0.385 e. The van der Waals surface area contributed by atoms with Crippen molar-refractivity contribution in [3.63, 3.8) is 0 Å². The fourth-order valence-corrected chi connectivity index (χ4v) is 3.84. The fraction of sp³-hybridized carbons (Fsp3) is 0.579. The Hall–Kier alpha value is -2.12. The molecule has 2 N–H and O–H groups in total. The molecule has 0 radical (unpaired) electrons. The maximum Gasteiger partial charge on any atom is 0.250 e. The largest absolute Gasteiger partial charge is 0.385 e. The van der Waals surface area contributed by atoms with Crippen molar-refractivity contribution in [3.8, 4) is 0 Å². The van der Waals surface area contributed by atoms with E-state index in [2.05, 4.69) is 15.5 Å². The number of hydrogen-bond acceptors (Lipinski definition) is 5. The van der Waals surface area contributed by atoms with Gasteiger partial charge in [0.25, 0.3) is 0 Å². The number of piperidine rings is 1. The van der Waals surface area contributed by atoms with Gasteiger partial charge in [-0.05, 0) is 44.5 Å². The zero-order valence-corrected chi connectivity index (χ0v) is 15.4. The van der Waals surface area contributed by atoms with Crippen molar-refractivity contribution in [1.29, 1.82) is 0 Å². The number of carbonyl (C=O) groups excluding carboxylic acids is 2. The lowest BCUT2D eigenvalue weighted by Crippen LogP contribution is -2.55. The van der Waals surface area contributed by atoms with E-state index >= 15 is 0 Å². The third kappa shape index (κ3) is 3.83. The number of benzene rings is 1. The van der Waals surface area contributed by atoms with E-state index in [0.717, 1.165) is 38.0 Å². The van der Waals surface area contributed by atoms with E-state index in [1.165, 1.54) is 0 Å². The van der Waals surface area contributed by atoms with E-state index in [1.54, 1.807) is 12.0 Å². The van der Waals surface area contributed by atoms with Crippen molar-refractivity contribution in [2.24, 2.45) is 0 Å². The van der Waals surface area contributed by atoms with E-state index in [0.29, 0.717) is 19.8 Å². The van der Waals surface area contributed by atoms with E-state index in [1.807, 2.05) is 30.3 Å². The van der Waals surface area contributed by atoms with Crippen molar-refractivity contribution in [1.82, 2.24) is 15.5 Å². The van der Waals surface area contributed by atoms with Crippen LogP contribution < -0.4 is 15.5 Å². The molecule has 0 saturated carbocycles. The first kappa shape index (κ1) is 18.7. The number of ether oxygens (including phenoxy) is 1. The molecule has 0 bridgehead atoms. The summed E-state index contributed by atoms with van der Waals surface area (Å²) in [4.78, 5) is 29.3. The van der Waals surface area contributed by atoms with Gasteiger partial charge in [-0.25, -0.2) is 0 Å². The van der Waals surface area contributed by atoms with Gasteiger partial charge in [0.15, 0.2) is 0 Å². The van der Waals surface area contributed by atoms with Crippen LogP contribution >= 0.6 is 0 Å². The Morgan fingerprint density at radius 2 is 2.00 bits per heavy atom. The van der Waals surface area contributed by atoms with Crippen molar-refractivity contribution < 1.29 is 14.3 Å². The molecule has 0 atom stereocenters. The van der Waals surface area contributed by atoms with Crippen LogP contribution in [0.2, 0.25) is 0 Å². The minimum atomic E-state index is -0.539. The van der Waals surface area contributed by atoms with E-state index in [9.17, 15) is 9.59 Å². The summed E-state index contributed by atoms with van der Waals surface area (Å²) in [6.07, 6.45) is 2.28. The number of amides is 2. The van der Waals surface area contributed by atoms with Crippen LogP contribution in [-0.4, -0.2) is 68.8 Å². The summed E-state index contributed by atoms with van der Waals surface area (Å²) in [5.74, 6) is -0.0525. The molecule has 0 aromatic heterocycles. The van der Waals surface area contributed by atoms with Gasteiger partial charge in [-0.3, -0.25) is 9.59 Å². The number of carbonyl (C=O) groups is 2. The van der Waals surface area contributed by atoms with Crippen LogP contribution in [-0.2, 0) is 14.3 Å². The summed E-state index contributed by atoms with van der Waals surface area (Å²) in [7, 11) is 1.64. The molecule has 2 heterocycles. The van der Waals surface area contributed by atoms with E-state index < -0.39 is 5.54 Å². The van der Waals surface area contributed by atoms with Gasteiger partial charge in [0.2, 0.25) is 11.8 Å². The van der Waals surface area contributed by atoms with Crippen LogP contribution in [0.15, 0.2) is 30.3 Å². The number of rotatable bonds is 7. The molecule has 0 aliphatic carbocycles. The van der Waals surface area contributed by atoms with Crippen LogP contribution in [0.25, 0.3) is 0 Å². The van der Waals surface area contributed by atoms with Crippen LogP contribution in [0.3, 0.4) is 0 Å². The molecule has 7 heteroatoms. The van der Waals surface area contributed by atoms with E-state index in [-0.39, 0.29) is 18.4 Å². The molecular weight excluding hydrogens is 332 g/mol. The summed E-state index contributed by atoms with van der Waals surface area (Å²) in [5, 5.41) is 6.20. The second-order valence-corrected chi connectivity index (χ2v) is 6.89. The maximum absolute atomic E-state index is 13.2. The van der Waals surface area contributed by atoms with Crippen LogP contribution in [0.5, 0.6) is 0 Å². The normalized spacial score (nSPS) is 19.2. The van der Waals surface area contributed by atoms with E-state index in [4.69, 9.17) is 4.74 Å². The Morgan fingerprint density at radius 3 is 2.69 bits per heavy atom. The third-order valence-electron chi connectivity index (χ3n) is 5.19. The summed E-state index contributed by atoms with van der Waals surface area (Å²) < 4.78 is 4.98. The summed E-state index contributed by atoms with van der Waals surface area (Å²) in [6, 6.07) is 10.0. The molecule has 0 unspecified atom stereocenters. The first-order chi connectivity index (χ1) is 12.7. The summed E-state index contributed by atoms with van der Waals surface area (Å²) >= 11 is 0. The smallest absolute Gasteiger partial charge is 0.250 e. The fourth-order valence-electron chi connectivity index (χ4n) is 3.84. The van der Waals surface area contributed by atoms with Crippen molar-refractivity contribution in [2.45, 2.75) is 24.8 Å². The van der Waals surface area contributed by atoms with Crippen LogP contribution in [0, 0.1) is 0 Å². The van der Waals surface area contributed by atoms with Gasteiger partial charge in [0.05, 0.1) is 6.67 Å². The first-order valence-corrected chi connectivity index (χ1v) is 9.26. The molecule has 2 aliphatic heterocycles. The number of anilines is 1. The highest BCUT2D eigenvalue weighted by atomic mass is 16.5. The van der Waals surface area contributed by atoms with Crippen LogP contribution in [0.1, 0.15) is 19.3 Å². The lowest BCUT2D eigenvalue weighted by molar-refractivity contribution is -0.136. The molecule has 7 nitrogen and oxygen atoms in total. The van der Waals surface area contributed by atoms with Gasteiger partial charge in [0, 0.05) is 25.9 Å². The minimum absolute atomic E-state index is 0.0647.